The fourth-order valence-electron chi connectivity index (χ4n) is 4.52. The Morgan fingerprint density at radius 1 is 0.786 bits per heavy atom. The smallest absolute Gasteiger partial charge is 0.251 e. The van der Waals surface area contributed by atoms with Crippen molar-refractivity contribution in [3.8, 4) is 11.1 Å². The summed E-state index contributed by atoms with van der Waals surface area (Å²) >= 11 is 0. The van der Waals surface area contributed by atoms with Crippen molar-refractivity contribution < 1.29 is 14.4 Å². The van der Waals surface area contributed by atoms with Crippen LogP contribution >= 0.6 is 0 Å². The Bertz CT molecular complexity index is 1120. The van der Waals surface area contributed by atoms with Crippen LogP contribution in [-0.4, -0.2) is 66.8 Å². The number of nitrogens with zero attached hydrogens (tertiary/aromatic N) is 2. The van der Waals surface area contributed by atoms with Crippen LogP contribution in [0.2, 0.25) is 0 Å². The zero-order chi connectivity index (χ0) is 30.7. The molecule has 0 aromatic heterocycles. The van der Waals surface area contributed by atoms with Crippen molar-refractivity contribution >= 4 is 23.7 Å². The van der Waals surface area contributed by atoms with Crippen LogP contribution in [0.3, 0.4) is 0 Å². The molecule has 2 rings (SSSR count). The molecule has 0 spiro atoms. The van der Waals surface area contributed by atoms with E-state index >= 15 is 0 Å². The molecule has 2 atom stereocenters. The maximum atomic E-state index is 13.8. The molecule has 3 amide bonds. The third-order valence-electron chi connectivity index (χ3n) is 6.94. The first-order valence-corrected chi connectivity index (χ1v) is 14.8. The molecule has 2 aromatic carbocycles. The minimum Gasteiger partial charge on any atom is -0.370 e. The van der Waals surface area contributed by atoms with Gasteiger partial charge in [0.15, 0.2) is 5.96 Å². The topological polar surface area (TPSA) is 209 Å². The van der Waals surface area contributed by atoms with E-state index in [0.29, 0.717) is 64.6 Å². The number of carbonyl (C=O) groups excluding carboxylic acids is 3. The zero-order valence-electron chi connectivity index (χ0n) is 24.5. The van der Waals surface area contributed by atoms with E-state index in [4.69, 9.17) is 28.7 Å². The van der Waals surface area contributed by atoms with Crippen LogP contribution in [-0.2, 0) is 20.8 Å². The van der Waals surface area contributed by atoms with E-state index in [9.17, 15) is 14.4 Å². The number of carbonyl (C=O) groups is 3. The predicted octanol–water partition coefficient (Wildman–Crippen LogP) is 1.38. The van der Waals surface area contributed by atoms with Gasteiger partial charge in [0.1, 0.15) is 6.04 Å². The first-order chi connectivity index (χ1) is 20.3. The van der Waals surface area contributed by atoms with E-state index in [1.54, 1.807) is 0 Å². The number of rotatable bonds is 19. The molecule has 0 bridgehead atoms. The van der Waals surface area contributed by atoms with Gasteiger partial charge in [-0.05, 0) is 74.7 Å². The standard InChI is InChI=1S/C31H48N8O3/c32-18-6-4-12-26(34)29(41)38-27(13-5-7-19-33)30(42)39(21-9-8-20-37-31(35)36)28(40)22-23-14-16-25(17-15-23)24-10-2-1-3-11-24/h1-3,10-11,14-17,26-27H,4-9,12-13,18-22,32-34H2,(H,38,41)(H4,35,36,37)/t26-,27-/m0/s1. The summed E-state index contributed by atoms with van der Waals surface area (Å²) in [5.41, 5.74) is 31.0. The average Bonchev–Trinajstić information content (AvgIpc) is 2.98. The van der Waals surface area contributed by atoms with Crippen LogP contribution in [0, 0.1) is 0 Å². The van der Waals surface area contributed by atoms with Crippen LogP contribution in [0.25, 0.3) is 11.1 Å². The van der Waals surface area contributed by atoms with Gasteiger partial charge in [-0.2, -0.15) is 0 Å². The Hall–Kier alpha value is -3.80. The van der Waals surface area contributed by atoms with E-state index in [2.05, 4.69) is 10.3 Å². The molecule has 0 heterocycles. The Labute approximate surface area is 249 Å². The van der Waals surface area contributed by atoms with Gasteiger partial charge < -0.3 is 34.0 Å². The normalized spacial score (nSPS) is 12.3. The van der Waals surface area contributed by atoms with Crippen molar-refractivity contribution in [2.75, 3.05) is 26.2 Å². The van der Waals surface area contributed by atoms with Gasteiger partial charge in [-0.25, -0.2) is 0 Å². The van der Waals surface area contributed by atoms with Crippen molar-refractivity contribution in [1.29, 1.82) is 0 Å². The minimum atomic E-state index is -0.897. The molecule has 11 nitrogen and oxygen atoms in total. The quantitative estimate of drug-likeness (QED) is 0.0810. The molecule has 0 radical (unpaired) electrons. The number of nitrogens with one attached hydrogen (secondary N) is 1. The molecule has 0 saturated carbocycles. The molecule has 11 heteroatoms. The van der Waals surface area contributed by atoms with Crippen LogP contribution in [0.4, 0.5) is 0 Å². The van der Waals surface area contributed by atoms with E-state index in [1.165, 1.54) is 4.90 Å². The summed E-state index contributed by atoms with van der Waals surface area (Å²) in [5.74, 6) is -1.24. The monoisotopic (exact) mass is 580 g/mol. The number of imide groups is 1. The highest BCUT2D eigenvalue weighted by molar-refractivity contribution is 6.00. The molecule has 230 valence electrons. The van der Waals surface area contributed by atoms with Crippen molar-refractivity contribution in [3.63, 3.8) is 0 Å². The largest absolute Gasteiger partial charge is 0.370 e. The van der Waals surface area contributed by atoms with E-state index in [1.807, 2.05) is 54.6 Å². The van der Waals surface area contributed by atoms with Gasteiger partial charge in [0.25, 0.3) is 5.91 Å². The molecule has 0 aliphatic heterocycles. The lowest BCUT2D eigenvalue weighted by Gasteiger charge is -2.27. The molecule has 0 aliphatic carbocycles. The van der Waals surface area contributed by atoms with Crippen molar-refractivity contribution in [3.05, 3.63) is 60.2 Å². The highest BCUT2D eigenvalue weighted by atomic mass is 16.2. The van der Waals surface area contributed by atoms with Gasteiger partial charge >= 0.3 is 0 Å². The summed E-state index contributed by atoms with van der Waals surface area (Å²) < 4.78 is 0. The van der Waals surface area contributed by atoms with Gasteiger partial charge in [-0.1, -0.05) is 61.0 Å². The van der Waals surface area contributed by atoms with E-state index in [-0.39, 0.29) is 24.8 Å². The molecule has 2 aromatic rings. The van der Waals surface area contributed by atoms with Crippen molar-refractivity contribution in [2.45, 2.75) is 69.9 Å². The molecule has 0 saturated heterocycles. The van der Waals surface area contributed by atoms with Crippen LogP contribution in [0.1, 0.15) is 56.9 Å². The number of unbranched alkanes of at least 4 members (excludes halogenated alkanes) is 3. The zero-order valence-corrected chi connectivity index (χ0v) is 24.5. The summed E-state index contributed by atoms with van der Waals surface area (Å²) in [6.45, 7) is 1.53. The fraction of sp³-hybridized carbons (Fsp3) is 0.484. The number of benzene rings is 2. The molecule has 11 N–H and O–H groups in total. The summed E-state index contributed by atoms with van der Waals surface area (Å²) in [4.78, 5) is 45.5. The first kappa shape index (κ1) is 34.4. The lowest BCUT2D eigenvalue weighted by molar-refractivity contribution is -0.147. The molecular formula is C31H48N8O3. The first-order valence-electron chi connectivity index (χ1n) is 14.8. The number of aliphatic imine (C=N–C) groups is 1. The Kier molecular flexibility index (Phi) is 15.8. The van der Waals surface area contributed by atoms with Crippen LogP contribution in [0.5, 0.6) is 0 Å². The summed E-state index contributed by atoms with van der Waals surface area (Å²) in [6.07, 6.45) is 4.69. The molecule has 0 fully saturated rings. The molecule has 0 unspecified atom stereocenters. The number of hydrogen-bond acceptors (Lipinski definition) is 7. The van der Waals surface area contributed by atoms with Gasteiger partial charge in [0, 0.05) is 13.1 Å². The number of nitrogens with two attached hydrogens (primary N) is 5. The fourth-order valence-corrected chi connectivity index (χ4v) is 4.52. The summed E-state index contributed by atoms with van der Waals surface area (Å²) in [6, 6.07) is 16.0. The van der Waals surface area contributed by atoms with Gasteiger partial charge in [0.2, 0.25) is 11.8 Å². The number of hydrogen-bond donors (Lipinski definition) is 6. The molecule has 0 aliphatic rings. The van der Waals surface area contributed by atoms with Crippen LogP contribution in [0.15, 0.2) is 59.6 Å². The summed E-state index contributed by atoms with van der Waals surface area (Å²) in [7, 11) is 0. The Morgan fingerprint density at radius 2 is 1.40 bits per heavy atom. The maximum absolute atomic E-state index is 13.8. The minimum absolute atomic E-state index is 0.0107. The highest BCUT2D eigenvalue weighted by Crippen LogP contribution is 2.20. The SMILES string of the molecule is NCCCC[C@H](NC(=O)[C@@H](N)CCCCN)C(=O)N(CCCCN=C(N)N)C(=O)Cc1ccc(-c2ccccc2)cc1. The molecular weight excluding hydrogens is 532 g/mol. The summed E-state index contributed by atoms with van der Waals surface area (Å²) in [5, 5.41) is 2.81. The third-order valence-corrected chi connectivity index (χ3v) is 6.94. The average molecular weight is 581 g/mol. The predicted molar refractivity (Wildman–Crippen MR) is 168 cm³/mol. The van der Waals surface area contributed by atoms with Gasteiger partial charge in [-0.15, -0.1) is 0 Å². The number of guanidine groups is 1. The van der Waals surface area contributed by atoms with Crippen LogP contribution < -0.4 is 34.0 Å². The van der Waals surface area contributed by atoms with Crippen molar-refractivity contribution in [2.24, 2.45) is 33.7 Å². The lowest BCUT2D eigenvalue weighted by atomic mass is 10.0. The molecule has 42 heavy (non-hydrogen) atoms. The van der Waals surface area contributed by atoms with Gasteiger partial charge in [-0.3, -0.25) is 24.3 Å². The van der Waals surface area contributed by atoms with Crippen molar-refractivity contribution in [1.82, 2.24) is 10.2 Å². The second-order valence-corrected chi connectivity index (χ2v) is 10.4. The second kappa shape index (κ2) is 19.3. The van der Waals surface area contributed by atoms with E-state index < -0.39 is 23.9 Å². The Morgan fingerprint density at radius 3 is 2.02 bits per heavy atom. The maximum Gasteiger partial charge on any atom is 0.251 e. The lowest BCUT2D eigenvalue weighted by Crippen LogP contribution is -2.54. The van der Waals surface area contributed by atoms with Gasteiger partial charge in [0.05, 0.1) is 12.5 Å². The Balaban J connectivity index is 2.20. The van der Waals surface area contributed by atoms with E-state index in [0.717, 1.165) is 23.1 Å². The third kappa shape index (κ3) is 12.4. The second-order valence-electron chi connectivity index (χ2n) is 10.4. The number of amides is 3. The highest BCUT2D eigenvalue weighted by Gasteiger charge is 2.30.